The first-order valence-corrected chi connectivity index (χ1v) is 5.42. The zero-order valence-electron chi connectivity index (χ0n) is 10.5. The van der Waals surface area contributed by atoms with Crippen molar-refractivity contribution in [2.24, 2.45) is 0 Å². The van der Waals surface area contributed by atoms with E-state index < -0.39 is 30.1 Å². The van der Waals surface area contributed by atoms with Crippen molar-refractivity contribution >= 4 is 0 Å². The molecule has 0 aromatic heterocycles. The summed E-state index contributed by atoms with van der Waals surface area (Å²) in [4.78, 5) is 0. The Bertz CT molecular complexity index is 429. The quantitative estimate of drug-likeness (QED) is 0.738. The van der Waals surface area contributed by atoms with Gasteiger partial charge >= 0.3 is 5.92 Å². The van der Waals surface area contributed by atoms with Gasteiger partial charge in [0.25, 0.3) is 18.6 Å². The molecule has 8 heteroatoms. The number of methoxy groups -OCH3 is 1. The summed E-state index contributed by atoms with van der Waals surface area (Å²) in [5.41, 5.74) is -0.850. The van der Waals surface area contributed by atoms with Crippen molar-refractivity contribution in [1.29, 1.82) is 0 Å². The second-order valence-electron chi connectivity index (χ2n) is 4.08. The number of hydrogen-bond donors (Lipinski definition) is 0. The van der Waals surface area contributed by atoms with E-state index in [2.05, 4.69) is 4.74 Å². The molecule has 2 atom stereocenters. The first-order chi connectivity index (χ1) is 9.09. The molecule has 2 nitrogen and oxygen atoms in total. The van der Waals surface area contributed by atoms with E-state index in [-0.39, 0.29) is 12.7 Å². The van der Waals surface area contributed by atoms with Crippen LogP contribution in [0.4, 0.5) is 26.3 Å². The average molecular weight is 302 g/mol. The highest BCUT2D eigenvalue weighted by molar-refractivity contribution is 5.30. The minimum atomic E-state index is -4.28. The number of rotatable bonds is 6. The molecule has 0 radical (unpaired) electrons. The van der Waals surface area contributed by atoms with Crippen molar-refractivity contribution in [2.75, 3.05) is 7.11 Å². The van der Waals surface area contributed by atoms with Gasteiger partial charge in [-0.1, -0.05) is 0 Å². The summed E-state index contributed by atoms with van der Waals surface area (Å²) in [5.74, 6) is -8.12. The molecule has 20 heavy (non-hydrogen) atoms. The van der Waals surface area contributed by atoms with Gasteiger partial charge in [-0.05, 0) is 24.3 Å². The average Bonchev–Trinajstić information content (AvgIpc) is 2.37. The van der Waals surface area contributed by atoms with Gasteiger partial charge in [0.2, 0.25) is 0 Å². The molecule has 0 spiro atoms. The highest BCUT2D eigenvalue weighted by atomic mass is 19.3. The van der Waals surface area contributed by atoms with Gasteiger partial charge in [-0.15, -0.1) is 0 Å². The Morgan fingerprint density at radius 2 is 1.45 bits per heavy atom. The Morgan fingerprint density at radius 3 is 1.85 bits per heavy atom. The predicted octanol–water partition coefficient (Wildman–Crippen LogP) is 4.05. The predicted molar refractivity (Wildman–Crippen MR) is 58.4 cm³/mol. The second kappa shape index (κ2) is 5.90. The lowest BCUT2D eigenvalue weighted by Crippen LogP contribution is -2.38. The maximum absolute atomic E-state index is 13.6. The minimum Gasteiger partial charge on any atom is -0.497 e. The molecule has 0 aliphatic heterocycles. The summed E-state index contributed by atoms with van der Waals surface area (Å²) >= 11 is 0. The van der Waals surface area contributed by atoms with Crippen LogP contribution in [-0.4, -0.2) is 25.7 Å². The van der Waals surface area contributed by atoms with E-state index in [4.69, 9.17) is 4.74 Å². The fourth-order valence-corrected chi connectivity index (χ4v) is 1.25. The van der Waals surface area contributed by atoms with Crippen molar-refractivity contribution in [2.45, 2.75) is 31.5 Å². The van der Waals surface area contributed by atoms with Crippen molar-refractivity contribution in [3.8, 4) is 5.75 Å². The van der Waals surface area contributed by atoms with Crippen LogP contribution in [0.1, 0.15) is 12.5 Å². The maximum Gasteiger partial charge on any atom is 0.327 e. The SMILES string of the molecule is COc1ccc(C(F)(F)[C@@H](F)O[C@H](F)C(C)(F)F)cc1. The van der Waals surface area contributed by atoms with E-state index in [1.165, 1.54) is 7.11 Å². The van der Waals surface area contributed by atoms with Crippen molar-refractivity contribution in [3.05, 3.63) is 29.8 Å². The van der Waals surface area contributed by atoms with E-state index in [1.807, 2.05) is 0 Å². The molecule has 1 aromatic carbocycles. The van der Waals surface area contributed by atoms with Crippen LogP contribution in [-0.2, 0) is 10.7 Å². The van der Waals surface area contributed by atoms with E-state index in [0.29, 0.717) is 0 Å². The zero-order valence-corrected chi connectivity index (χ0v) is 10.5. The van der Waals surface area contributed by atoms with Crippen molar-refractivity contribution < 1.29 is 35.8 Å². The van der Waals surface area contributed by atoms with Crippen LogP contribution in [0.2, 0.25) is 0 Å². The third-order valence-corrected chi connectivity index (χ3v) is 2.40. The molecule has 0 bridgehead atoms. The van der Waals surface area contributed by atoms with Crippen molar-refractivity contribution in [3.63, 3.8) is 0 Å². The highest BCUT2D eigenvalue weighted by Gasteiger charge is 2.48. The Morgan fingerprint density at radius 1 is 0.950 bits per heavy atom. The minimum absolute atomic E-state index is 0.0932. The Hall–Kier alpha value is -1.44. The fourth-order valence-electron chi connectivity index (χ4n) is 1.25. The highest BCUT2D eigenvalue weighted by Crippen LogP contribution is 2.37. The molecule has 0 amide bonds. The molecule has 114 valence electrons. The standard InChI is InChI=1S/C12H12F6O2/c1-11(15,16)9(13)20-10(14)12(17,18)7-3-5-8(19-2)6-4-7/h3-6,9-10H,1-2H3/t9-,10-/m0/s1. The number of hydrogen-bond acceptors (Lipinski definition) is 2. The van der Waals surface area contributed by atoms with Gasteiger partial charge in [0.05, 0.1) is 7.11 Å². The monoisotopic (exact) mass is 302 g/mol. The van der Waals surface area contributed by atoms with Gasteiger partial charge in [0, 0.05) is 12.5 Å². The number of ether oxygens (including phenoxy) is 2. The van der Waals surface area contributed by atoms with Crippen LogP contribution in [0.25, 0.3) is 0 Å². The summed E-state index contributed by atoms with van der Waals surface area (Å²) in [6.45, 7) is 0.0932. The van der Waals surface area contributed by atoms with E-state index in [0.717, 1.165) is 24.3 Å². The van der Waals surface area contributed by atoms with Crippen LogP contribution in [0, 0.1) is 0 Å². The van der Waals surface area contributed by atoms with Crippen molar-refractivity contribution in [1.82, 2.24) is 0 Å². The summed E-state index contributed by atoms with van der Waals surface area (Å²) < 4.78 is 86.2. The molecular weight excluding hydrogens is 290 g/mol. The molecule has 0 aliphatic rings. The van der Waals surface area contributed by atoms with E-state index in [1.54, 1.807) is 0 Å². The topological polar surface area (TPSA) is 18.5 Å². The molecule has 0 saturated heterocycles. The molecule has 0 N–H and O–H groups in total. The third kappa shape index (κ3) is 3.78. The Labute approximate surface area is 111 Å². The lowest BCUT2D eigenvalue weighted by Gasteiger charge is -2.24. The Kier molecular flexibility index (Phi) is 4.90. The summed E-state index contributed by atoms with van der Waals surface area (Å²) in [6.07, 6.45) is -7.02. The molecule has 1 rings (SSSR count). The number of benzene rings is 1. The molecule has 0 fully saturated rings. The van der Waals surface area contributed by atoms with Gasteiger partial charge in [-0.2, -0.15) is 8.78 Å². The van der Waals surface area contributed by atoms with Crippen LogP contribution >= 0.6 is 0 Å². The first kappa shape index (κ1) is 16.6. The largest absolute Gasteiger partial charge is 0.497 e. The third-order valence-electron chi connectivity index (χ3n) is 2.40. The van der Waals surface area contributed by atoms with Gasteiger partial charge in [0.15, 0.2) is 0 Å². The summed E-state index contributed by atoms with van der Waals surface area (Å²) in [7, 11) is 1.30. The molecule has 0 saturated carbocycles. The smallest absolute Gasteiger partial charge is 0.327 e. The van der Waals surface area contributed by atoms with E-state index in [9.17, 15) is 26.3 Å². The first-order valence-electron chi connectivity index (χ1n) is 5.42. The van der Waals surface area contributed by atoms with Crippen LogP contribution < -0.4 is 4.74 Å². The summed E-state index contributed by atoms with van der Waals surface area (Å²) in [6, 6.07) is 3.90. The normalized spacial score (nSPS) is 15.8. The number of halogens is 6. The molecule has 1 aromatic rings. The van der Waals surface area contributed by atoms with Gasteiger partial charge in [-0.25, -0.2) is 17.6 Å². The molecular formula is C12H12F6O2. The van der Waals surface area contributed by atoms with Crippen LogP contribution in [0.3, 0.4) is 0 Å². The Balaban J connectivity index is 2.85. The van der Waals surface area contributed by atoms with E-state index >= 15 is 0 Å². The maximum atomic E-state index is 13.6. The number of alkyl halides is 6. The van der Waals surface area contributed by atoms with Gasteiger partial charge in [-0.3, -0.25) is 0 Å². The van der Waals surface area contributed by atoms with Gasteiger partial charge < -0.3 is 9.47 Å². The molecule has 0 aliphatic carbocycles. The molecule has 0 heterocycles. The lowest BCUT2D eigenvalue weighted by molar-refractivity contribution is -0.287. The van der Waals surface area contributed by atoms with Gasteiger partial charge in [0.1, 0.15) is 5.75 Å². The molecule has 0 unspecified atom stereocenters. The van der Waals surface area contributed by atoms with Crippen LogP contribution in [0.15, 0.2) is 24.3 Å². The zero-order chi connectivity index (χ0) is 15.6. The second-order valence-corrected chi connectivity index (χ2v) is 4.08. The summed E-state index contributed by atoms with van der Waals surface area (Å²) in [5, 5.41) is 0. The lowest BCUT2D eigenvalue weighted by atomic mass is 10.1. The fraction of sp³-hybridized carbons (Fsp3) is 0.500. The van der Waals surface area contributed by atoms with Crippen LogP contribution in [0.5, 0.6) is 5.75 Å².